The Hall–Kier alpha value is -1.15. The highest BCUT2D eigenvalue weighted by molar-refractivity contribution is 6.00. The fraction of sp³-hybridized carbons (Fsp3) is 0.364. The van der Waals surface area contributed by atoms with E-state index in [1.54, 1.807) is 6.07 Å². The molecule has 1 aromatic rings. The van der Waals surface area contributed by atoms with E-state index in [-0.39, 0.29) is 5.78 Å². The zero-order valence-electron chi connectivity index (χ0n) is 8.16. The van der Waals surface area contributed by atoms with E-state index in [2.05, 4.69) is 0 Å². The average molecular weight is 178 g/mol. The van der Waals surface area contributed by atoms with Gasteiger partial charge in [-0.3, -0.25) is 4.79 Å². The number of aliphatic hydroxyl groups excluding tert-OH is 1. The zero-order chi connectivity index (χ0) is 10.0. The highest BCUT2D eigenvalue weighted by atomic mass is 16.3. The lowest BCUT2D eigenvalue weighted by molar-refractivity contribution is 0.0779. The summed E-state index contributed by atoms with van der Waals surface area (Å²) in [5, 5.41) is 9.12. The first-order chi connectivity index (χ1) is 6.02. The second-order valence-corrected chi connectivity index (χ2v) is 3.36. The Balaban J connectivity index is 3.09. The first kappa shape index (κ1) is 9.93. The average Bonchev–Trinajstić information content (AvgIpc) is 2.03. The van der Waals surface area contributed by atoms with Crippen LogP contribution in [-0.4, -0.2) is 17.0 Å². The fourth-order valence-corrected chi connectivity index (χ4v) is 1.32. The summed E-state index contributed by atoms with van der Waals surface area (Å²) in [6.45, 7) is 5.34. The molecule has 0 amide bonds. The maximum absolute atomic E-state index is 11.4. The van der Waals surface area contributed by atoms with Gasteiger partial charge in [-0.1, -0.05) is 23.8 Å². The number of hydrogen-bond acceptors (Lipinski definition) is 2. The molecule has 70 valence electrons. The van der Waals surface area contributed by atoms with Crippen LogP contribution >= 0.6 is 0 Å². The van der Waals surface area contributed by atoms with Crippen molar-refractivity contribution >= 4 is 5.78 Å². The van der Waals surface area contributed by atoms with Crippen molar-refractivity contribution in [1.82, 2.24) is 0 Å². The molecular weight excluding hydrogens is 164 g/mol. The van der Waals surface area contributed by atoms with Gasteiger partial charge in [-0.2, -0.15) is 0 Å². The molecule has 2 heteroatoms. The first-order valence-corrected chi connectivity index (χ1v) is 4.32. The monoisotopic (exact) mass is 178 g/mol. The van der Waals surface area contributed by atoms with E-state index < -0.39 is 6.10 Å². The molecular formula is C11H14O2. The van der Waals surface area contributed by atoms with Crippen LogP contribution in [0.2, 0.25) is 0 Å². The maximum atomic E-state index is 11.4. The van der Waals surface area contributed by atoms with Crippen molar-refractivity contribution in [1.29, 1.82) is 0 Å². The van der Waals surface area contributed by atoms with Gasteiger partial charge in [0.25, 0.3) is 0 Å². The van der Waals surface area contributed by atoms with Gasteiger partial charge in [-0.25, -0.2) is 0 Å². The van der Waals surface area contributed by atoms with Gasteiger partial charge in [0.2, 0.25) is 0 Å². The number of Topliss-reactive ketones (excluding diaryl/α,β-unsaturated/α-hetero) is 1. The minimum Gasteiger partial charge on any atom is -0.385 e. The van der Waals surface area contributed by atoms with E-state index in [1.807, 2.05) is 26.0 Å². The molecule has 0 heterocycles. The standard InChI is InChI=1S/C11H14O2/c1-7-4-5-10(8(2)6-7)11(13)9(3)12/h4-6,9,12H,1-3H3. The van der Waals surface area contributed by atoms with E-state index in [1.165, 1.54) is 6.92 Å². The minimum atomic E-state index is -0.915. The smallest absolute Gasteiger partial charge is 0.191 e. The van der Waals surface area contributed by atoms with Crippen LogP contribution in [0.25, 0.3) is 0 Å². The third-order valence-electron chi connectivity index (χ3n) is 2.03. The van der Waals surface area contributed by atoms with Crippen molar-refractivity contribution in [2.45, 2.75) is 26.9 Å². The van der Waals surface area contributed by atoms with Crippen molar-refractivity contribution in [2.75, 3.05) is 0 Å². The number of ketones is 1. The highest BCUT2D eigenvalue weighted by Crippen LogP contribution is 2.12. The number of hydrogen-bond donors (Lipinski definition) is 1. The lowest BCUT2D eigenvalue weighted by Gasteiger charge is -2.07. The summed E-state index contributed by atoms with van der Waals surface area (Å²) in [6.07, 6.45) is -0.915. The number of carbonyl (C=O) groups excluding carboxylic acids is 1. The minimum absolute atomic E-state index is 0.211. The molecule has 1 atom stereocenters. The summed E-state index contributed by atoms with van der Waals surface area (Å²) >= 11 is 0. The second-order valence-electron chi connectivity index (χ2n) is 3.36. The van der Waals surface area contributed by atoms with Gasteiger partial charge in [0.1, 0.15) is 6.10 Å². The molecule has 0 aliphatic rings. The number of aryl methyl sites for hydroxylation is 2. The van der Waals surface area contributed by atoms with E-state index in [4.69, 9.17) is 5.11 Å². The van der Waals surface area contributed by atoms with Gasteiger partial charge >= 0.3 is 0 Å². The summed E-state index contributed by atoms with van der Waals surface area (Å²) < 4.78 is 0. The molecule has 0 radical (unpaired) electrons. The molecule has 0 fully saturated rings. The molecule has 0 saturated carbocycles. The van der Waals surface area contributed by atoms with Crippen LogP contribution in [0.15, 0.2) is 18.2 Å². The molecule has 1 rings (SSSR count). The van der Waals surface area contributed by atoms with E-state index >= 15 is 0 Å². The van der Waals surface area contributed by atoms with Gasteiger partial charge in [0.05, 0.1) is 0 Å². The third kappa shape index (κ3) is 2.16. The molecule has 13 heavy (non-hydrogen) atoms. The van der Waals surface area contributed by atoms with Crippen molar-refractivity contribution in [3.63, 3.8) is 0 Å². The van der Waals surface area contributed by atoms with E-state index in [9.17, 15) is 4.79 Å². The lowest BCUT2D eigenvalue weighted by atomic mass is 10.00. The van der Waals surface area contributed by atoms with Crippen molar-refractivity contribution in [2.24, 2.45) is 0 Å². The fourth-order valence-electron chi connectivity index (χ4n) is 1.32. The number of aliphatic hydroxyl groups is 1. The van der Waals surface area contributed by atoms with Crippen molar-refractivity contribution in [3.05, 3.63) is 34.9 Å². The van der Waals surface area contributed by atoms with Crippen molar-refractivity contribution < 1.29 is 9.90 Å². The van der Waals surface area contributed by atoms with Crippen LogP contribution in [0.1, 0.15) is 28.4 Å². The Morgan fingerprint density at radius 1 is 1.38 bits per heavy atom. The molecule has 0 aromatic heterocycles. The topological polar surface area (TPSA) is 37.3 Å². The second kappa shape index (κ2) is 3.71. The van der Waals surface area contributed by atoms with Crippen LogP contribution in [0.3, 0.4) is 0 Å². The summed E-state index contributed by atoms with van der Waals surface area (Å²) in [5.41, 5.74) is 2.66. The van der Waals surface area contributed by atoms with Crippen LogP contribution in [0.4, 0.5) is 0 Å². The molecule has 2 nitrogen and oxygen atoms in total. The van der Waals surface area contributed by atoms with Gasteiger partial charge in [0.15, 0.2) is 5.78 Å². The Bertz CT molecular complexity index is 327. The van der Waals surface area contributed by atoms with E-state index in [0.29, 0.717) is 5.56 Å². The Morgan fingerprint density at radius 2 is 2.00 bits per heavy atom. The van der Waals surface area contributed by atoms with Gasteiger partial charge < -0.3 is 5.11 Å². The largest absolute Gasteiger partial charge is 0.385 e. The molecule has 1 N–H and O–H groups in total. The van der Waals surface area contributed by atoms with Gasteiger partial charge in [-0.15, -0.1) is 0 Å². The Morgan fingerprint density at radius 3 is 2.46 bits per heavy atom. The third-order valence-corrected chi connectivity index (χ3v) is 2.03. The van der Waals surface area contributed by atoms with Crippen molar-refractivity contribution in [3.8, 4) is 0 Å². The number of rotatable bonds is 2. The molecule has 0 bridgehead atoms. The predicted molar refractivity (Wildman–Crippen MR) is 51.9 cm³/mol. The first-order valence-electron chi connectivity index (χ1n) is 4.32. The molecule has 0 aliphatic carbocycles. The molecule has 0 aliphatic heterocycles. The SMILES string of the molecule is Cc1ccc(C(=O)C(C)O)c(C)c1. The maximum Gasteiger partial charge on any atom is 0.191 e. The number of carbonyl (C=O) groups is 1. The Kier molecular flexibility index (Phi) is 2.83. The zero-order valence-corrected chi connectivity index (χ0v) is 8.16. The van der Waals surface area contributed by atoms with Gasteiger partial charge in [-0.05, 0) is 26.3 Å². The Labute approximate surface area is 78.2 Å². The van der Waals surface area contributed by atoms with Crippen LogP contribution in [0.5, 0.6) is 0 Å². The normalized spacial score (nSPS) is 12.6. The van der Waals surface area contributed by atoms with Crippen LogP contribution < -0.4 is 0 Å². The molecule has 0 saturated heterocycles. The summed E-state index contributed by atoms with van der Waals surface area (Å²) in [4.78, 5) is 11.4. The molecule has 0 spiro atoms. The van der Waals surface area contributed by atoms with Crippen LogP contribution in [0, 0.1) is 13.8 Å². The quantitative estimate of drug-likeness (QED) is 0.702. The highest BCUT2D eigenvalue weighted by Gasteiger charge is 2.13. The lowest BCUT2D eigenvalue weighted by Crippen LogP contribution is -2.17. The van der Waals surface area contributed by atoms with Gasteiger partial charge in [0, 0.05) is 5.56 Å². The predicted octanol–water partition coefficient (Wildman–Crippen LogP) is 1.87. The molecule has 1 unspecified atom stereocenters. The summed E-state index contributed by atoms with van der Waals surface area (Å²) in [7, 11) is 0. The van der Waals surface area contributed by atoms with Crippen LogP contribution in [-0.2, 0) is 0 Å². The summed E-state index contributed by atoms with van der Waals surface area (Å²) in [6, 6.07) is 5.58. The number of benzene rings is 1. The molecule has 1 aromatic carbocycles. The van der Waals surface area contributed by atoms with E-state index in [0.717, 1.165) is 11.1 Å². The summed E-state index contributed by atoms with van der Waals surface area (Å²) in [5.74, 6) is -0.211.